The highest BCUT2D eigenvalue weighted by atomic mass is 19.1. The summed E-state index contributed by atoms with van der Waals surface area (Å²) in [6, 6.07) is 0. The maximum Gasteiger partial charge on any atom is 0.411 e. The molecule has 0 aromatic heterocycles. The molecule has 0 saturated carbocycles. The number of halogens is 1. The fourth-order valence-corrected chi connectivity index (χ4v) is 1.80. The zero-order valence-electron chi connectivity index (χ0n) is 10.5. The quantitative estimate of drug-likeness (QED) is 0.767. The van der Waals surface area contributed by atoms with Gasteiger partial charge in [0.05, 0.1) is 6.54 Å². The second-order valence-electron chi connectivity index (χ2n) is 5.47. The van der Waals surface area contributed by atoms with Crippen LogP contribution in [-0.4, -0.2) is 45.9 Å². The molecule has 2 atom stereocenters. The first-order valence-corrected chi connectivity index (χ1v) is 5.44. The number of alkyl halides is 1. The summed E-state index contributed by atoms with van der Waals surface area (Å²) in [5.41, 5.74) is -2.26. The number of hydrogen-bond donors (Lipinski definition) is 1. The van der Waals surface area contributed by atoms with E-state index in [0.717, 1.165) is 4.90 Å². The number of amides is 1. The highest BCUT2D eigenvalue weighted by Crippen LogP contribution is 2.32. The van der Waals surface area contributed by atoms with Crippen LogP contribution >= 0.6 is 0 Å². The standard InChI is InChI=1S/C11H18FNO4/c1-10(2,3)17-9(16)13-6-7(12)5-11(13,4)8(14)15/h7H,5-6H2,1-4H3,(H,14,15)/t7?,11-/m1/s1. The molecule has 0 radical (unpaired) electrons. The fraction of sp³-hybridized carbons (Fsp3) is 0.818. The molecular formula is C11H18FNO4. The molecule has 5 nitrogen and oxygen atoms in total. The molecule has 1 fully saturated rings. The third kappa shape index (κ3) is 2.87. The summed E-state index contributed by atoms with van der Waals surface area (Å²) in [6.45, 7) is 6.11. The molecule has 0 spiro atoms. The van der Waals surface area contributed by atoms with Gasteiger partial charge in [0, 0.05) is 6.42 Å². The van der Waals surface area contributed by atoms with Gasteiger partial charge in [-0.05, 0) is 27.7 Å². The van der Waals surface area contributed by atoms with E-state index in [1.807, 2.05) is 0 Å². The minimum atomic E-state index is -1.53. The predicted molar refractivity (Wildman–Crippen MR) is 58.5 cm³/mol. The second-order valence-corrected chi connectivity index (χ2v) is 5.47. The molecule has 0 bridgehead atoms. The van der Waals surface area contributed by atoms with Crippen molar-refractivity contribution in [2.75, 3.05) is 6.54 Å². The maximum atomic E-state index is 13.3. The minimum absolute atomic E-state index is 0.207. The van der Waals surface area contributed by atoms with Crippen molar-refractivity contribution < 1.29 is 23.8 Å². The van der Waals surface area contributed by atoms with Gasteiger partial charge in [-0.25, -0.2) is 14.0 Å². The third-order valence-electron chi connectivity index (χ3n) is 2.67. The SMILES string of the molecule is CC(C)(C)OC(=O)N1CC(F)C[C@]1(C)C(=O)O. The smallest absolute Gasteiger partial charge is 0.411 e. The van der Waals surface area contributed by atoms with Gasteiger partial charge >= 0.3 is 12.1 Å². The van der Waals surface area contributed by atoms with E-state index >= 15 is 0 Å². The van der Waals surface area contributed by atoms with E-state index in [4.69, 9.17) is 9.84 Å². The van der Waals surface area contributed by atoms with Crippen LogP contribution in [0.25, 0.3) is 0 Å². The second kappa shape index (κ2) is 4.16. The van der Waals surface area contributed by atoms with E-state index in [2.05, 4.69) is 0 Å². The summed E-state index contributed by atoms with van der Waals surface area (Å²) in [5, 5.41) is 9.09. The van der Waals surface area contributed by atoms with Gasteiger partial charge in [-0.3, -0.25) is 4.90 Å². The van der Waals surface area contributed by atoms with Crippen LogP contribution in [0.3, 0.4) is 0 Å². The number of carboxylic acids is 1. The molecule has 6 heteroatoms. The molecule has 17 heavy (non-hydrogen) atoms. The summed E-state index contributed by atoms with van der Waals surface area (Å²) in [7, 11) is 0. The Balaban J connectivity index is 2.88. The van der Waals surface area contributed by atoms with Gasteiger partial charge in [-0.15, -0.1) is 0 Å². The van der Waals surface area contributed by atoms with Crippen LogP contribution in [0.2, 0.25) is 0 Å². The van der Waals surface area contributed by atoms with Crippen LogP contribution in [-0.2, 0) is 9.53 Å². The topological polar surface area (TPSA) is 66.8 Å². The Morgan fingerprint density at radius 2 is 2.00 bits per heavy atom. The van der Waals surface area contributed by atoms with Gasteiger partial charge < -0.3 is 9.84 Å². The number of hydrogen-bond acceptors (Lipinski definition) is 3. The summed E-state index contributed by atoms with van der Waals surface area (Å²) >= 11 is 0. The van der Waals surface area contributed by atoms with Crippen LogP contribution in [0.5, 0.6) is 0 Å². The molecule has 1 unspecified atom stereocenters. The van der Waals surface area contributed by atoms with Crippen molar-refractivity contribution in [2.24, 2.45) is 0 Å². The van der Waals surface area contributed by atoms with Crippen molar-refractivity contribution in [1.29, 1.82) is 0 Å². The van der Waals surface area contributed by atoms with E-state index < -0.39 is 29.4 Å². The highest BCUT2D eigenvalue weighted by molar-refractivity contribution is 5.85. The first-order chi connectivity index (χ1) is 7.56. The van der Waals surface area contributed by atoms with Gasteiger partial charge in [0.1, 0.15) is 17.3 Å². The number of carbonyl (C=O) groups is 2. The Labute approximate surface area is 99.5 Å². The molecule has 1 aliphatic rings. The summed E-state index contributed by atoms with van der Waals surface area (Å²) in [4.78, 5) is 23.9. The normalized spacial score (nSPS) is 29.2. The van der Waals surface area contributed by atoms with E-state index in [9.17, 15) is 14.0 Å². The number of nitrogens with zero attached hydrogens (tertiary/aromatic N) is 1. The van der Waals surface area contributed by atoms with Gasteiger partial charge in [0.15, 0.2) is 0 Å². The molecule has 0 aromatic carbocycles. The number of likely N-dealkylation sites (tertiary alicyclic amines) is 1. The van der Waals surface area contributed by atoms with Crippen molar-refractivity contribution in [3.8, 4) is 0 Å². The molecule has 1 amide bonds. The van der Waals surface area contributed by atoms with E-state index in [1.54, 1.807) is 20.8 Å². The molecule has 1 saturated heterocycles. The fourth-order valence-electron chi connectivity index (χ4n) is 1.80. The lowest BCUT2D eigenvalue weighted by atomic mass is 9.99. The zero-order chi connectivity index (χ0) is 13.4. The van der Waals surface area contributed by atoms with E-state index in [1.165, 1.54) is 6.92 Å². The van der Waals surface area contributed by atoms with Crippen molar-refractivity contribution >= 4 is 12.1 Å². The van der Waals surface area contributed by atoms with Crippen molar-refractivity contribution in [2.45, 2.75) is 51.4 Å². The molecule has 1 heterocycles. The Bertz CT molecular complexity index is 339. The average molecular weight is 247 g/mol. The van der Waals surface area contributed by atoms with Crippen LogP contribution in [0, 0.1) is 0 Å². The number of carboxylic acid groups (broad SMARTS) is 1. The molecule has 0 aliphatic carbocycles. The average Bonchev–Trinajstić information content (AvgIpc) is 2.40. The Hall–Kier alpha value is -1.33. The Morgan fingerprint density at radius 1 is 1.47 bits per heavy atom. The third-order valence-corrected chi connectivity index (χ3v) is 2.67. The summed E-state index contributed by atoms with van der Waals surface area (Å²) in [5.74, 6) is -1.22. The zero-order valence-corrected chi connectivity index (χ0v) is 10.5. The van der Waals surface area contributed by atoms with Crippen LogP contribution in [0.1, 0.15) is 34.1 Å². The largest absolute Gasteiger partial charge is 0.480 e. The van der Waals surface area contributed by atoms with E-state index in [-0.39, 0.29) is 13.0 Å². The van der Waals surface area contributed by atoms with Crippen LogP contribution in [0.15, 0.2) is 0 Å². The van der Waals surface area contributed by atoms with Crippen molar-refractivity contribution in [3.05, 3.63) is 0 Å². The van der Waals surface area contributed by atoms with E-state index in [0.29, 0.717) is 0 Å². The number of carbonyl (C=O) groups excluding carboxylic acids is 1. The maximum absolute atomic E-state index is 13.3. The Morgan fingerprint density at radius 3 is 2.41 bits per heavy atom. The van der Waals surface area contributed by atoms with Gasteiger partial charge in [-0.1, -0.05) is 0 Å². The predicted octanol–water partition coefficient (Wildman–Crippen LogP) is 1.81. The van der Waals surface area contributed by atoms with Gasteiger partial charge in [-0.2, -0.15) is 0 Å². The number of ether oxygens (including phenoxy) is 1. The summed E-state index contributed by atoms with van der Waals surface area (Å²) in [6.07, 6.45) is -2.33. The monoisotopic (exact) mass is 247 g/mol. The lowest BCUT2D eigenvalue weighted by Crippen LogP contribution is -2.52. The first-order valence-electron chi connectivity index (χ1n) is 5.44. The lowest BCUT2D eigenvalue weighted by Gasteiger charge is -2.32. The first kappa shape index (κ1) is 13.7. The molecular weight excluding hydrogens is 229 g/mol. The molecule has 1 aliphatic heterocycles. The van der Waals surface area contributed by atoms with Crippen LogP contribution < -0.4 is 0 Å². The molecule has 0 aromatic rings. The van der Waals surface area contributed by atoms with Gasteiger partial charge in [0.2, 0.25) is 0 Å². The number of rotatable bonds is 1. The highest BCUT2D eigenvalue weighted by Gasteiger charge is 2.51. The molecule has 1 rings (SSSR count). The van der Waals surface area contributed by atoms with Crippen LogP contribution in [0.4, 0.5) is 9.18 Å². The Kier molecular flexibility index (Phi) is 3.36. The van der Waals surface area contributed by atoms with Gasteiger partial charge in [0.25, 0.3) is 0 Å². The number of aliphatic carboxylic acids is 1. The molecule has 98 valence electrons. The summed E-state index contributed by atoms with van der Waals surface area (Å²) < 4.78 is 18.4. The minimum Gasteiger partial charge on any atom is -0.480 e. The molecule has 1 N–H and O–H groups in total. The van der Waals surface area contributed by atoms with Crippen molar-refractivity contribution in [1.82, 2.24) is 4.90 Å². The lowest BCUT2D eigenvalue weighted by molar-refractivity contribution is -0.148. The van der Waals surface area contributed by atoms with Crippen molar-refractivity contribution in [3.63, 3.8) is 0 Å².